The lowest BCUT2D eigenvalue weighted by Crippen LogP contribution is -2.14. The monoisotopic (exact) mass is 266 g/mol. The van der Waals surface area contributed by atoms with Gasteiger partial charge in [0.2, 0.25) is 0 Å². The Morgan fingerprint density at radius 1 is 1.40 bits per heavy atom. The fourth-order valence-corrected chi connectivity index (χ4v) is 1.64. The van der Waals surface area contributed by atoms with Gasteiger partial charge in [0.1, 0.15) is 5.69 Å². The van der Waals surface area contributed by atoms with Gasteiger partial charge in [0, 0.05) is 23.6 Å². The molecule has 1 aromatic carbocycles. The van der Waals surface area contributed by atoms with E-state index in [0.717, 1.165) is 16.8 Å². The Hall–Kier alpha value is -2.71. The molecule has 0 saturated heterocycles. The quantitative estimate of drug-likeness (QED) is 0.804. The van der Waals surface area contributed by atoms with Crippen molar-refractivity contribution in [1.29, 1.82) is 0 Å². The number of aryl methyl sites for hydroxylation is 1. The van der Waals surface area contributed by atoms with E-state index in [-0.39, 0.29) is 11.6 Å². The van der Waals surface area contributed by atoms with Crippen LogP contribution < -0.4 is 11.1 Å². The lowest BCUT2D eigenvalue weighted by Gasteiger charge is -2.08. The maximum Gasteiger partial charge on any atom is 0.275 e. The van der Waals surface area contributed by atoms with Gasteiger partial charge < -0.3 is 11.1 Å². The summed E-state index contributed by atoms with van der Waals surface area (Å²) in [6.07, 6.45) is 4.42. The van der Waals surface area contributed by atoms with Crippen molar-refractivity contribution in [2.24, 2.45) is 5.73 Å². The average Bonchev–Trinajstić information content (AvgIpc) is 2.48. The summed E-state index contributed by atoms with van der Waals surface area (Å²) < 4.78 is 0. The molecule has 0 spiro atoms. The number of anilines is 1. The van der Waals surface area contributed by atoms with Gasteiger partial charge in [-0.05, 0) is 30.7 Å². The van der Waals surface area contributed by atoms with Crippen molar-refractivity contribution in [3.05, 3.63) is 53.6 Å². The Morgan fingerprint density at radius 3 is 2.90 bits per heavy atom. The van der Waals surface area contributed by atoms with Crippen molar-refractivity contribution >= 4 is 11.6 Å². The molecule has 2 rings (SSSR count). The molecule has 1 amide bonds. The van der Waals surface area contributed by atoms with Crippen LogP contribution in [0.1, 0.15) is 21.6 Å². The van der Waals surface area contributed by atoms with E-state index in [9.17, 15) is 4.79 Å². The molecule has 20 heavy (non-hydrogen) atoms. The number of nitrogens with zero attached hydrogens (tertiary/aromatic N) is 2. The first-order valence-corrected chi connectivity index (χ1v) is 6.07. The van der Waals surface area contributed by atoms with Crippen LogP contribution in [0, 0.1) is 18.8 Å². The highest BCUT2D eigenvalue weighted by Gasteiger charge is 2.08. The third-order valence-electron chi connectivity index (χ3n) is 2.61. The van der Waals surface area contributed by atoms with Gasteiger partial charge in [0.15, 0.2) is 0 Å². The molecule has 0 aliphatic rings. The molecule has 2 aromatic rings. The van der Waals surface area contributed by atoms with E-state index in [1.54, 1.807) is 0 Å². The van der Waals surface area contributed by atoms with Crippen molar-refractivity contribution in [2.75, 3.05) is 11.9 Å². The SMILES string of the molecule is Cc1cc(C#CCN)ccc1NC(=O)c1cnccn1. The summed E-state index contributed by atoms with van der Waals surface area (Å²) >= 11 is 0. The zero-order valence-corrected chi connectivity index (χ0v) is 11.1. The largest absolute Gasteiger partial charge is 0.320 e. The Balaban J connectivity index is 2.16. The third kappa shape index (κ3) is 3.40. The van der Waals surface area contributed by atoms with Gasteiger partial charge in [-0.1, -0.05) is 11.8 Å². The number of carbonyl (C=O) groups is 1. The molecule has 0 aliphatic heterocycles. The summed E-state index contributed by atoms with van der Waals surface area (Å²) in [6, 6.07) is 5.54. The van der Waals surface area contributed by atoms with Gasteiger partial charge in [-0.25, -0.2) is 4.98 Å². The van der Waals surface area contributed by atoms with Crippen LogP contribution in [0.25, 0.3) is 0 Å². The van der Waals surface area contributed by atoms with E-state index in [1.165, 1.54) is 18.6 Å². The Morgan fingerprint density at radius 2 is 2.25 bits per heavy atom. The van der Waals surface area contributed by atoms with Gasteiger partial charge in [-0.15, -0.1) is 0 Å². The summed E-state index contributed by atoms with van der Waals surface area (Å²) in [5.41, 5.74) is 8.12. The predicted octanol–water partition coefficient (Wildman–Crippen LogP) is 1.35. The lowest BCUT2D eigenvalue weighted by atomic mass is 10.1. The zero-order chi connectivity index (χ0) is 14.4. The van der Waals surface area contributed by atoms with Crippen molar-refractivity contribution in [3.8, 4) is 11.8 Å². The zero-order valence-electron chi connectivity index (χ0n) is 11.1. The van der Waals surface area contributed by atoms with Gasteiger partial charge in [-0.3, -0.25) is 9.78 Å². The van der Waals surface area contributed by atoms with E-state index in [2.05, 4.69) is 27.1 Å². The first kappa shape index (κ1) is 13.7. The van der Waals surface area contributed by atoms with Gasteiger partial charge in [-0.2, -0.15) is 0 Å². The first-order chi connectivity index (χ1) is 9.70. The lowest BCUT2D eigenvalue weighted by molar-refractivity contribution is 0.102. The van der Waals surface area contributed by atoms with E-state index in [0.29, 0.717) is 6.54 Å². The van der Waals surface area contributed by atoms with Crippen molar-refractivity contribution < 1.29 is 4.79 Å². The molecule has 1 aromatic heterocycles. The first-order valence-electron chi connectivity index (χ1n) is 6.07. The van der Waals surface area contributed by atoms with Gasteiger partial charge in [0.25, 0.3) is 5.91 Å². The minimum atomic E-state index is -0.290. The molecular formula is C15H14N4O. The van der Waals surface area contributed by atoms with Crippen LogP contribution in [0.15, 0.2) is 36.8 Å². The summed E-state index contributed by atoms with van der Waals surface area (Å²) in [7, 11) is 0. The molecule has 3 N–H and O–H groups in total. The molecule has 0 saturated carbocycles. The van der Waals surface area contributed by atoms with Crippen LogP contribution in [-0.4, -0.2) is 22.4 Å². The molecular weight excluding hydrogens is 252 g/mol. The summed E-state index contributed by atoms with van der Waals surface area (Å²) in [4.78, 5) is 19.8. The summed E-state index contributed by atoms with van der Waals surface area (Å²) in [5.74, 6) is 5.45. The minimum Gasteiger partial charge on any atom is -0.320 e. The second kappa shape index (κ2) is 6.45. The number of nitrogens with two attached hydrogens (primary N) is 1. The second-order valence-electron chi connectivity index (χ2n) is 4.08. The number of nitrogens with one attached hydrogen (secondary N) is 1. The summed E-state index contributed by atoms with van der Waals surface area (Å²) in [6.45, 7) is 2.23. The van der Waals surface area contributed by atoms with Crippen molar-refractivity contribution in [3.63, 3.8) is 0 Å². The van der Waals surface area contributed by atoms with Crippen LogP contribution >= 0.6 is 0 Å². The number of carbonyl (C=O) groups excluding carboxylic acids is 1. The molecule has 0 bridgehead atoms. The minimum absolute atomic E-state index is 0.277. The van der Waals surface area contributed by atoms with Crippen LogP contribution in [0.4, 0.5) is 5.69 Å². The van der Waals surface area contributed by atoms with Crippen LogP contribution in [-0.2, 0) is 0 Å². The van der Waals surface area contributed by atoms with Gasteiger partial charge >= 0.3 is 0 Å². The Labute approximate surface area is 117 Å². The standard InChI is InChI=1S/C15H14N4O/c1-11-9-12(3-2-6-16)4-5-13(11)19-15(20)14-10-17-7-8-18-14/h4-5,7-10H,6,16H2,1H3,(H,19,20). The van der Waals surface area contributed by atoms with Crippen LogP contribution in [0.3, 0.4) is 0 Å². The number of benzene rings is 1. The molecule has 0 atom stereocenters. The number of amides is 1. The molecule has 1 heterocycles. The fourth-order valence-electron chi connectivity index (χ4n) is 1.64. The van der Waals surface area contributed by atoms with Crippen molar-refractivity contribution in [2.45, 2.75) is 6.92 Å². The predicted molar refractivity (Wildman–Crippen MR) is 77.1 cm³/mol. The fraction of sp³-hybridized carbons (Fsp3) is 0.133. The van der Waals surface area contributed by atoms with Gasteiger partial charge in [0.05, 0.1) is 12.7 Å². The highest BCUT2D eigenvalue weighted by Crippen LogP contribution is 2.16. The van der Waals surface area contributed by atoms with Crippen LogP contribution in [0.2, 0.25) is 0 Å². The maximum atomic E-state index is 12.0. The molecule has 0 fully saturated rings. The molecule has 100 valence electrons. The number of aromatic nitrogens is 2. The third-order valence-corrected chi connectivity index (χ3v) is 2.61. The Bertz CT molecular complexity index is 671. The second-order valence-corrected chi connectivity index (χ2v) is 4.08. The van der Waals surface area contributed by atoms with Crippen molar-refractivity contribution in [1.82, 2.24) is 9.97 Å². The van der Waals surface area contributed by atoms with Crippen LogP contribution in [0.5, 0.6) is 0 Å². The van der Waals surface area contributed by atoms with E-state index < -0.39 is 0 Å². The molecule has 0 aliphatic carbocycles. The number of hydrogen-bond acceptors (Lipinski definition) is 4. The topological polar surface area (TPSA) is 80.9 Å². The maximum absolute atomic E-state index is 12.0. The summed E-state index contributed by atoms with van der Waals surface area (Å²) in [5, 5.41) is 2.80. The molecule has 0 unspecified atom stereocenters. The number of hydrogen-bond donors (Lipinski definition) is 2. The average molecular weight is 266 g/mol. The molecule has 5 nitrogen and oxygen atoms in total. The number of rotatable bonds is 2. The van der Waals surface area contributed by atoms with E-state index >= 15 is 0 Å². The Kier molecular flexibility index (Phi) is 4.43. The van der Waals surface area contributed by atoms with E-state index in [1.807, 2.05) is 25.1 Å². The molecule has 0 radical (unpaired) electrons. The highest BCUT2D eigenvalue weighted by atomic mass is 16.1. The normalized spacial score (nSPS) is 9.50. The van der Waals surface area contributed by atoms with E-state index in [4.69, 9.17) is 5.73 Å². The smallest absolute Gasteiger partial charge is 0.275 e. The molecule has 5 heteroatoms. The highest BCUT2D eigenvalue weighted by molar-refractivity contribution is 6.03.